The number of rotatable bonds is 6. The van der Waals surface area contributed by atoms with Crippen LogP contribution in [0.4, 0.5) is 0 Å². The number of hydrogen-bond donors (Lipinski definition) is 2. The van der Waals surface area contributed by atoms with Crippen LogP contribution in [0, 0.1) is 0 Å². The second-order valence-corrected chi connectivity index (χ2v) is 6.63. The zero-order chi connectivity index (χ0) is 14.8. The molecule has 1 aliphatic heterocycles. The molecule has 0 amide bonds. The maximum atomic E-state index is 11.6. The van der Waals surface area contributed by atoms with Crippen LogP contribution in [0.15, 0.2) is 0 Å². The summed E-state index contributed by atoms with van der Waals surface area (Å²) < 4.78 is 5.80. The van der Waals surface area contributed by atoms with Crippen molar-refractivity contribution in [3.8, 4) is 0 Å². The van der Waals surface area contributed by atoms with Gasteiger partial charge in [-0.1, -0.05) is 0 Å². The van der Waals surface area contributed by atoms with Gasteiger partial charge in [0.05, 0.1) is 12.7 Å². The van der Waals surface area contributed by atoms with Crippen LogP contribution in [0.5, 0.6) is 0 Å². The van der Waals surface area contributed by atoms with Crippen molar-refractivity contribution >= 4 is 5.97 Å². The van der Waals surface area contributed by atoms with E-state index in [9.17, 15) is 9.90 Å². The van der Waals surface area contributed by atoms with Gasteiger partial charge in [0, 0.05) is 25.2 Å². The molecule has 2 N–H and O–H groups in total. The second kappa shape index (κ2) is 6.41. The lowest BCUT2D eigenvalue weighted by Crippen LogP contribution is -2.56. The van der Waals surface area contributed by atoms with Crippen LogP contribution in [0.25, 0.3) is 0 Å². The highest BCUT2D eigenvalue weighted by Crippen LogP contribution is 2.30. The zero-order valence-corrected chi connectivity index (χ0v) is 12.9. The molecule has 2 fully saturated rings. The van der Waals surface area contributed by atoms with Crippen molar-refractivity contribution in [2.24, 2.45) is 0 Å². The second-order valence-electron chi connectivity index (χ2n) is 6.63. The van der Waals surface area contributed by atoms with Gasteiger partial charge in [0.15, 0.2) is 0 Å². The maximum Gasteiger partial charge on any atom is 0.323 e. The Kier molecular flexibility index (Phi) is 5.04. The van der Waals surface area contributed by atoms with Gasteiger partial charge in [-0.05, 0) is 46.5 Å². The number of carboxylic acid groups (broad SMARTS) is 1. The fraction of sp³-hybridized carbons (Fsp3) is 0.933. The van der Waals surface area contributed by atoms with Crippen molar-refractivity contribution in [2.75, 3.05) is 19.7 Å². The molecule has 0 aromatic carbocycles. The molecule has 3 unspecified atom stereocenters. The number of hydrogen-bond acceptors (Lipinski definition) is 4. The summed E-state index contributed by atoms with van der Waals surface area (Å²) in [6, 6.07) is 0.667. The summed E-state index contributed by atoms with van der Waals surface area (Å²) in [7, 11) is 0. The summed E-state index contributed by atoms with van der Waals surface area (Å²) in [5.41, 5.74) is -0.847. The topological polar surface area (TPSA) is 61.8 Å². The number of nitrogens with zero attached hydrogens (tertiary/aromatic N) is 1. The van der Waals surface area contributed by atoms with Gasteiger partial charge in [-0.25, -0.2) is 0 Å². The monoisotopic (exact) mass is 284 g/mol. The summed E-state index contributed by atoms with van der Waals surface area (Å²) in [6.07, 6.45) is 4.57. The Hall–Kier alpha value is -0.650. The quantitative estimate of drug-likeness (QED) is 0.773. The minimum Gasteiger partial charge on any atom is -0.480 e. The van der Waals surface area contributed by atoms with E-state index >= 15 is 0 Å². The molecule has 0 bridgehead atoms. The molecule has 1 saturated carbocycles. The van der Waals surface area contributed by atoms with Crippen molar-refractivity contribution in [3.05, 3.63) is 0 Å². The standard InChI is InChI=1S/C15H28N2O3/c1-11(2)16-15(3,14(18)19)7-8-17-9-10-20-13-6-4-5-12(13)17/h11-13,16H,4-10H2,1-3H3,(H,18,19). The van der Waals surface area contributed by atoms with Gasteiger partial charge < -0.3 is 9.84 Å². The van der Waals surface area contributed by atoms with E-state index in [1.807, 2.05) is 13.8 Å². The first-order valence-corrected chi connectivity index (χ1v) is 7.79. The third-order valence-corrected chi connectivity index (χ3v) is 4.58. The maximum absolute atomic E-state index is 11.6. The van der Waals surface area contributed by atoms with Crippen LogP contribution in [-0.2, 0) is 9.53 Å². The van der Waals surface area contributed by atoms with Crippen molar-refractivity contribution < 1.29 is 14.6 Å². The van der Waals surface area contributed by atoms with E-state index in [2.05, 4.69) is 10.2 Å². The zero-order valence-electron chi connectivity index (χ0n) is 12.9. The van der Waals surface area contributed by atoms with E-state index in [4.69, 9.17) is 4.74 Å². The van der Waals surface area contributed by atoms with Crippen LogP contribution in [0.3, 0.4) is 0 Å². The number of ether oxygens (including phenoxy) is 1. The summed E-state index contributed by atoms with van der Waals surface area (Å²) in [5.74, 6) is -0.762. The Labute approximate surface area is 121 Å². The minimum absolute atomic E-state index is 0.167. The SMILES string of the molecule is CC(C)NC(C)(CCN1CCOC2CCCC21)C(=O)O. The van der Waals surface area contributed by atoms with Gasteiger partial charge in [0.25, 0.3) is 0 Å². The largest absolute Gasteiger partial charge is 0.480 e. The minimum atomic E-state index is -0.847. The summed E-state index contributed by atoms with van der Waals surface area (Å²) in [5, 5.41) is 12.7. The molecule has 0 spiro atoms. The van der Waals surface area contributed by atoms with E-state index in [0.29, 0.717) is 18.6 Å². The number of aliphatic carboxylic acids is 1. The molecule has 0 aromatic heterocycles. The van der Waals surface area contributed by atoms with E-state index < -0.39 is 11.5 Å². The third-order valence-electron chi connectivity index (χ3n) is 4.58. The molecule has 3 atom stereocenters. The highest BCUT2D eigenvalue weighted by atomic mass is 16.5. The van der Waals surface area contributed by atoms with E-state index in [0.717, 1.165) is 26.1 Å². The summed E-state index contributed by atoms with van der Waals surface area (Å²) in [6.45, 7) is 8.31. The number of carboxylic acids is 1. The molecule has 1 aliphatic carbocycles. The van der Waals surface area contributed by atoms with Crippen LogP contribution in [0.1, 0.15) is 46.5 Å². The van der Waals surface area contributed by atoms with Gasteiger partial charge >= 0.3 is 5.97 Å². The Morgan fingerprint density at radius 2 is 2.25 bits per heavy atom. The van der Waals surface area contributed by atoms with E-state index in [-0.39, 0.29) is 6.04 Å². The van der Waals surface area contributed by atoms with E-state index in [1.165, 1.54) is 12.8 Å². The third kappa shape index (κ3) is 3.51. The molecule has 20 heavy (non-hydrogen) atoms. The smallest absolute Gasteiger partial charge is 0.323 e. The average Bonchev–Trinajstić information content (AvgIpc) is 2.84. The molecule has 5 heteroatoms. The first-order chi connectivity index (χ1) is 9.42. The number of nitrogens with one attached hydrogen (secondary N) is 1. The molecular weight excluding hydrogens is 256 g/mol. The lowest BCUT2D eigenvalue weighted by atomic mass is 9.95. The first-order valence-electron chi connectivity index (χ1n) is 7.79. The number of morpholine rings is 1. The molecule has 116 valence electrons. The Balaban J connectivity index is 1.93. The van der Waals surface area contributed by atoms with Gasteiger partial charge in [-0.3, -0.25) is 15.0 Å². The van der Waals surface area contributed by atoms with Gasteiger partial charge in [0.1, 0.15) is 5.54 Å². The highest BCUT2D eigenvalue weighted by molar-refractivity contribution is 5.78. The van der Waals surface area contributed by atoms with Crippen LogP contribution in [-0.4, -0.2) is 59.4 Å². The van der Waals surface area contributed by atoms with Crippen molar-refractivity contribution in [1.82, 2.24) is 10.2 Å². The fourth-order valence-electron chi connectivity index (χ4n) is 3.53. The van der Waals surface area contributed by atoms with E-state index in [1.54, 1.807) is 6.92 Å². The molecule has 0 radical (unpaired) electrons. The van der Waals surface area contributed by atoms with Crippen molar-refractivity contribution in [1.29, 1.82) is 0 Å². The molecule has 1 saturated heterocycles. The van der Waals surface area contributed by atoms with Gasteiger partial charge in [0.2, 0.25) is 0 Å². The summed E-state index contributed by atoms with van der Waals surface area (Å²) >= 11 is 0. The lowest BCUT2D eigenvalue weighted by Gasteiger charge is -2.39. The van der Waals surface area contributed by atoms with Crippen LogP contribution >= 0.6 is 0 Å². The van der Waals surface area contributed by atoms with Crippen molar-refractivity contribution in [2.45, 2.75) is 70.2 Å². The summed E-state index contributed by atoms with van der Waals surface area (Å²) in [4.78, 5) is 14.0. The Morgan fingerprint density at radius 1 is 1.50 bits per heavy atom. The molecular formula is C15H28N2O3. The molecule has 2 aliphatic rings. The first kappa shape index (κ1) is 15.7. The van der Waals surface area contributed by atoms with Gasteiger partial charge in [-0.15, -0.1) is 0 Å². The fourth-order valence-corrected chi connectivity index (χ4v) is 3.53. The Morgan fingerprint density at radius 3 is 2.90 bits per heavy atom. The lowest BCUT2D eigenvalue weighted by molar-refractivity contribution is -0.145. The molecule has 0 aromatic rings. The molecule has 5 nitrogen and oxygen atoms in total. The van der Waals surface area contributed by atoms with Crippen LogP contribution in [0.2, 0.25) is 0 Å². The van der Waals surface area contributed by atoms with Gasteiger partial charge in [-0.2, -0.15) is 0 Å². The average molecular weight is 284 g/mol. The Bertz CT molecular complexity index is 348. The predicted octanol–water partition coefficient (Wildman–Crippen LogP) is 1.47. The molecule has 1 heterocycles. The predicted molar refractivity (Wildman–Crippen MR) is 77.9 cm³/mol. The normalized spacial score (nSPS) is 30.2. The number of fused-ring (bicyclic) bond motifs is 1. The van der Waals surface area contributed by atoms with Crippen molar-refractivity contribution in [3.63, 3.8) is 0 Å². The van der Waals surface area contributed by atoms with Crippen LogP contribution < -0.4 is 5.32 Å². The highest BCUT2D eigenvalue weighted by Gasteiger charge is 2.38. The molecule has 2 rings (SSSR count). The number of carbonyl (C=O) groups is 1.